The number of aromatic amines is 2. The molecule has 0 atom stereocenters. The number of pyridine rings is 2. The third-order valence-electron chi connectivity index (χ3n) is 5.48. The van der Waals surface area contributed by atoms with E-state index in [1.807, 2.05) is 42.7 Å². The molecule has 0 unspecified atom stereocenters. The van der Waals surface area contributed by atoms with E-state index >= 15 is 0 Å². The smallest absolute Gasteiger partial charge is 0.159 e. The molecule has 3 N–H and O–H groups in total. The maximum absolute atomic E-state index is 4.67. The van der Waals surface area contributed by atoms with Gasteiger partial charge in [0.1, 0.15) is 5.69 Å². The van der Waals surface area contributed by atoms with Crippen LogP contribution in [0.1, 0.15) is 5.56 Å². The summed E-state index contributed by atoms with van der Waals surface area (Å²) in [5, 5.41) is 12.1. The van der Waals surface area contributed by atoms with E-state index in [4.69, 9.17) is 0 Å². The van der Waals surface area contributed by atoms with Gasteiger partial charge in [-0.3, -0.25) is 15.1 Å². The van der Waals surface area contributed by atoms with Gasteiger partial charge in [-0.15, -0.1) is 0 Å². The molecule has 0 aliphatic carbocycles. The third kappa shape index (κ3) is 3.35. The van der Waals surface area contributed by atoms with E-state index in [2.05, 4.69) is 65.8 Å². The summed E-state index contributed by atoms with van der Waals surface area (Å²) in [6.07, 6.45) is 7.23. The van der Waals surface area contributed by atoms with Gasteiger partial charge in [-0.2, -0.15) is 5.10 Å². The second kappa shape index (κ2) is 7.63. The van der Waals surface area contributed by atoms with E-state index in [9.17, 15) is 0 Å². The number of nitrogens with zero attached hydrogens (tertiary/aromatic N) is 4. The van der Waals surface area contributed by atoms with Crippen molar-refractivity contribution < 1.29 is 0 Å². The first-order valence-electron chi connectivity index (χ1n) is 10.3. The normalized spacial score (nSPS) is 11.2. The summed E-state index contributed by atoms with van der Waals surface area (Å²) >= 11 is 0. The lowest BCUT2D eigenvalue weighted by molar-refractivity contribution is 1.11. The molecule has 6 aromatic rings. The molecule has 0 saturated heterocycles. The van der Waals surface area contributed by atoms with Gasteiger partial charge in [-0.1, -0.05) is 36.4 Å². The van der Waals surface area contributed by atoms with Gasteiger partial charge in [-0.05, 0) is 35.4 Å². The quantitative estimate of drug-likeness (QED) is 0.359. The third-order valence-corrected chi connectivity index (χ3v) is 5.48. The van der Waals surface area contributed by atoms with Crippen molar-refractivity contribution in [3.8, 4) is 22.6 Å². The molecule has 32 heavy (non-hydrogen) atoms. The first-order valence-corrected chi connectivity index (χ1v) is 10.3. The Hall–Kier alpha value is -4.52. The molecule has 154 valence electrons. The zero-order valence-corrected chi connectivity index (χ0v) is 17.1. The number of fused-ring (bicyclic) bond motifs is 2. The summed E-state index contributed by atoms with van der Waals surface area (Å²) in [7, 11) is 0. The van der Waals surface area contributed by atoms with Gasteiger partial charge in [-0.25, -0.2) is 4.98 Å². The standard InChI is InChI=1S/C25H19N7/c1-2-4-16(5-3-1)12-28-19-10-18(13-27-14-19)17-6-7-21-20(11-17)24(32-31-21)25-29-22-8-9-26-15-23(22)30-25/h1-11,13-15,28H,12H2,(H,29,30)(H,31,32). The van der Waals surface area contributed by atoms with Crippen LogP contribution in [-0.2, 0) is 6.54 Å². The summed E-state index contributed by atoms with van der Waals surface area (Å²) in [4.78, 5) is 16.6. The average molecular weight is 417 g/mol. The molecule has 6 rings (SSSR count). The fourth-order valence-electron chi connectivity index (χ4n) is 3.84. The second-order valence-corrected chi connectivity index (χ2v) is 7.61. The molecule has 0 spiro atoms. The van der Waals surface area contributed by atoms with Crippen LogP contribution in [0.3, 0.4) is 0 Å². The largest absolute Gasteiger partial charge is 0.380 e. The molecule has 0 saturated carbocycles. The summed E-state index contributed by atoms with van der Waals surface area (Å²) < 4.78 is 0. The van der Waals surface area contributed by atoms with Gasteiger partial charge in [0.2, 0.25) is 0 Å². The van der Waals surface area contributed by atoms with Gasteiger partial charge >= 0.3 is 0 Å². The molecule has 2 aromatic carbocycles. The summed E-state index contributed by atoms with van der Waals surface area (Å²) in [5.41, 5.74) is 7.78. The molecule has 7 heteroatoms. The zero-order chi connectivity index (χ0) is 21.3. The van der Waals surface area contributed by atoms with Crippen molar-refractivity contribution in [1.82, 2.24) is 30.1 Å². The molecule has 0 radical (unpaired) electrons. The maximum atomic E-state index is 4.67. The molecule has 7 nitrogen and oxygen atoms in total. The summed E-state index contributed by atoms with van der Waals surface area (Å²) in [5.74, 6) is 0.716. The molecular weight excluding hydrogens is 398 g/mol. The topological polar surface area (TPSA) is 95.2 Å². The number of H-pyrrole nitrogens is 2. The van der Waals surface area contributed by atoms with E-state index in [1.165, 1.54) is 5.56 Å². The van der Waals surface area contributed by atoms with Crippen LogP contribution in [-0.4, -0.2) is 30.1 Å². The molecule has 4 heterocycles. The number of benzene rings is 2. The fraction of sp³-hybridized carbons (Fsp3) is 0.0400. The fourth-order valence-corrected chi connectivity index (χ4v) is 3.84. The van der Waals surface area contributed by atoms with Gasteiger partial charge in [0.05, 0.1) is 28.4 Å². The molecule has 0 bridgehead atoms. The highest BCUT2D eigenvalue weighted by molar-refractivity contribution is 5.95. The van der Waals surface area contributed by atoms with Crippen LogP contribution < -0.4 is 5.32 Å². The van der Waals surface area contributed by atoms with E-state index < -0.39 is 0 Å². The van der Waals surface area contributed by atoms with Crippen molar-refractivity contribution in [1.29, 1.82) is 0 Å². The van der Waals surface area contributed by atoms with E-state index in [1.54, 1.807) is 12.4 Å². The van der Waals surface area contributed by atoms with Crippen molar-refractivity contribution in [2.24, 2.45) is 0 Å². The second-order valence-electron chi connectivity index (χ2n) is 7.61. The number of anilines is 1. The lowest BCUT2D eigenvalue weighted by Crippen LogP contribution is -1.99. The van der Waals surface area contributed by atoms with Crippen LogP contribution in [0.4, 0.5) is 5.69 Å². The van der Waals surface area contributed by atoms with Crippen LogP contribution in [0.25, 0.3) is 44.6 Å². The Labute approximate surface area is 183 Å². The molecule has 0 aliphatic heterocycles. The van der Waals surface area contributed by atoms with Crippen LogP contribution in [0, 0.1) is 0 Å². The molecular formula is C25H19N7. The van der Waals surface area contributed by atoms with Crippen molar-refractivity contribution >= 4 is 27.6 Å². The number of hydrogen-bond donors (Lipinski definition) is 3. The lowest BCUT2D eigenvalue weighted by Gasteiger charge is -2.08. The lowest BCUT2D eigenvalue weighted by atomic mass is 10.0. The molecule has 4 aromatic heterocycles. The first-order chi connectivity index (χ1) is 15.8. The number of nitrogens with one attached hydrogen (secondary N) is 3. The predicted molar refractivity (Wildman–Crippen MR) is 126 cm³/mol. The van der Waals surface area contributed by atoms with Gasteiger partial charge < -0.3 is 10.3 Å². The van der Waals surface area contributed by atoms with Crippen LogP contribution in [0.2, 0.25) is 0 Å². The number of aromatic nitrogens is 6. The Morgan fingerprint density at radius 3 is 2.66 bits per heavy atom. The highest BCUT2D eigenvalue weighted by atomic mass is 15.1. The minimum Gasteiger partial charge on any atom is -0.380 e. The number of hydrogen-bond acceptors (Lipinski definition) is 5. The van der Waals surface area contributed by atoms with Gasteiger partial charge in [0.25, 0.3) is 0 Å². The Balaban J connectivity index is 1.34. The Morgan fingerprint density at radius 1 is 0.812 bits per heavy atom. The van der Waals surface area contributed by atoms with Crippen LogP contribution in [0.15, 0.2) is 85.5 Å². The minimum absolute atomic E-state index is 0.716. The van der Waals surface area contributed by atoms with E-state index in [0.29, 0.717) is 5.82 Å². The monoisotopic (exact) mass is 417 g/mol. The van der Waals surface area contributed by atoms with Crippen LogP contribution in [0.5, 0.6) is 0 Å². The number of imidazole rings is 1. The molecule has 0 aliphatic rings. The SMILES string of the molecule is c1ccc(CNc2cncc(-c3ccc4[nH]nc(-c5nc6ccncc6[nH]5)c4c3)c2)cc1. The number of rotatable bonds is 5. The van der Waals surface area contributed by atoms with E-state index in [-0.39, 0.29) is 0 Å². The zero-order valence-electron chi connectivity index (χ0n) is 17.1. The highest BCUT2D eigenvalue weighted by Gasteiger charge is 2.14. The first kappa shape index (κ1) is 18.3. The average Bonchev–Trinajstić information content (AvgIpc) is 3.47. The highest BCUT2D eigenvalue weighted by Crippen LogP contribution is 2.30. The van der Waals surface area contributed by atoms with Gasteiger partial charge in [0, 0.05) is 36.1 Å². The maximum Gasteiger partial charge on any atom is 0.159 e. The predicted octanol–water partition coefficient (Wildman–Crippen LogP) is 5.18. The minimum atomic E-state index is 0.716. The van der Waals surface area contributed by atoms with Crippen molar-refractivity contribution in [2.45, 2.75) is 6.54 Å². The van der Waals surface area contributed by atoms with Crippen molar-refractivity contribution in [3.63, 3.8) is 0 Å². The Kier molecular flexibility index (Phi) is 4.35. The van der Waals surface area contributed by atoms with Crippen molar-refractivity contribution in [3.05, 3.63) is 91.0 Å². The van der Waals surface area contributed by atoms with Crippen LogP contribution >= 0.6 is 0 Å². The Bertz CT molecular complexity index is 1500. The molecule has 0 fully saturated rings. The van der Waals surface area contributed by atoms with E-state index in [0.717, 1.165) is 51.0 Å². The summed E-state index contributed by atoms with van der Waals surface area (Å²) in [6, 6.07) is 20.5. The van der Waals surface area contributed by atoms with Gasteiger partial charge in [0.15, 0.2) is 5.82 Å². The molecule has 0 amide bonds. The Morgan fingerprint density at radius 2 is 1.75 bits per heavy atom. The summed E-state index contributed by atoms with van der Waals surface area (Å²) in [6.45, 7) is 0.748. The van der Waals surface area contributed by atoms with Crippen molar-refractivity contribution in [2.75, 3.05) is 5.32 Å².